The van der Waals surface area contributed by atoms with Crippen molar-refractivity contribution in [3.8, 4) is 5.75 Å². The summed E-state index contributed by atoms with van der Waals surface area (Å²) in [6.07, 6.45) is 3.75. The highest BCUT2D eigenvalue weighted by Crippen LogP contribution is 2.26. The summed E-state index contributed by atoms with van der Waals surface area (Å²) in [4.78, 5) is 4.52. The number of hydrogen-bond donors (Lipinski definition) is 1. The van der Waals surface area contributed by atoms with Gasteiger partial charge in [-0.15, -0.1) is 11.6 Å². The molecule has 1 aliphatic heterocycles. The Kier molecular flexibility index (Phi) is 5.24. The van der Waals surface area contributed by atoms with Crippen molar-refractivity contribution in [2.75, 3.05) is 26.2 Å². The van der Waals surface area contributed by atoms with Crippen LogP contribution in [0.4, 0.5) is 0 Å². The quantitative estimate of drug-likeness (QED) is 0.849. The van der Waals surface area contributed by atoms with E-state index in [1.54, 1.807) is 7.11 Å². The number of nitrogens with zero attached hydrogens (tertiary/aromatic N) is 1. The number of hydrogen-bond acceptors (Lipinski definition) is 4. The fourth-order valence-corrected chi connectivity index (χ4v) is 3.00. The van der Waals surface area contributed by atoms with Crippen LogP contribution in [0, 0.1) is 13.8 Å². The number of methoxy groups -OCH3 is 1. The summed E-state index contributed by atoms with van der Waals surface area (Å²) in [5, 5.41) is 3.58. The van der Waals surface area contributed by atoms with E-state index in [0.29, 0.717) is 12.4 Å². The molecule has 0 amide bonds. The number of aryl methyl sites for hydroxylation is 1. The maximum atomic E-state index is 6.16. The van der Waals surface area contributed by atoms with Crippen LogP contribution in [-0.2, 0) is 11.3 Å². The fraction of sp³-hybridized carbons (Fsp3) is 0.667. The van der Waals surface area contributed by atoms with Crippen molar-refractivity contribution >= 4 is 11.6 Å². The smallest absolute Gasteiger partial charge is 0.128 e. The average Bonchev–Trinajstić information content (AvgIpc) is 2.48. The van der Waals surface area contributed by atoms with Crippen LogP contribution in [0.3, 0.4) is 0 Å². The van der Waals surface area contributed by atoms with Crippen LogP contribution in [0.2, 0.25) is 0 Å². The lowest BCUT2D eigenvalue weighted by Crippen LogP contribution is -2.50. The number of halogens is 1. The third-order valence-corrected chi connectivity index (χ3v) is 4.60. The summed E-state index contributed by atoms with van der Waals surface area (Å²) < 4.78 is 10.9. The van der Waals surface area contributed by atoms with E-state index in [1.807, 2.05) is 20.0 Å². The SMILES string of the molecule is COc1c(C)cnc(CNC2(CCl)CCOCC2)c1C. The molecule has 0 spiro atoms. The molecular weight excluding hydrogens is 276 g/mol. The Hall–Kier alpha value is -0.840. The van der Waals surface area contributed by atoms with Gasteiger partial charge >= 0.3 is 0 Å². The van der Waals surface area contributed by atoms with Gasteiger partial charge in [0, 0.05) is 48.5 Å². The fourth-order valence-electron chi connectivity index (χ4n) is 2.64. The molecule has 1 fully saturated rings. The second-order valence-electron chi connectivity index (χ2n) is 5.43. The number of alkyl halides is 1. The van der Waals surface area contributed by atoms with E-state index in [2.05, 4.69) is 10.3 Å². The molecule has 0 unspecified atom stereocenters. The van der Waals surface area contributed by atoms with Crippen molar-refractivity contribution in [1.82, 2.24) is 10.3 Å². The third kappa shape index (κ3) is 3.25. The molecule has 112 valence electrons. The third-order valence-electron chi connectivity index (χ3n) is 4.09. The zero-order valence-corrected chi connectivity index (χ0v) is 13.2. The Morgan fingerprint density at radius 2 is 2.10 bits per heavy atom. The van der Waals surface area contributed by atoms with E-state index in [1.165, 1.54) is 0 Å². The van der Waals surface area contributed by atoms with Gasteiger partial charge in [0.2, 0.25) is 0 Å². The molecule has 1 aliphatic rings. The van der Waals surface area contributed by atoms with Crippen LogP contribution >= 0.6 is 11.6 Å². The van der Waals surface area contributed by atoms with Gasteiger partial charge in [-0.3, -0.25) is 4.98 Å². The zero-order valence-electron chi connectivity index (χ0n) is 12.5. The highest BCUT2D eigenvalue weighted by Gasteiger charge is 2.31. The van der Waals surface area contributed by atoms with Gasteiger partial charge < -0.3 is 14.8 Å². The van der Waals surface area contributed by atoms with Crippen molar-refractivity contribution < 1.29 is 9.47 Å². The van der Waals surface area contributed by atoms with Gasteiger partial charge in [-0.25, -0.2) is 0 Å². The van der Waals surface area contributed by atoms with Gasteiger partial charge in [-0.2, -0.15) is 0 Å². The van der Waals surface area contributed by atoms with Crippen LogP contribution in [0.25, 0.3) is 0 Å². The summed E-state index contributed by atoms with van der Waals surface area (Å²) >= 11 is 6.16. The molecule has 0 bridgehead atoms. The predicted octanol–water partition coefficient (Wildman–Crippen LogP) is 2.58. The van der Waals surface area contributed by atoms with Crippen LogP contribution in [-0.4, -0.2) is 36.7 Å². The van der Waals surface area contributed by atoms with Crippen molar-refractivity contribution in [2.24, 2.45) is 0 Å². The minimum absolute atomic E-state index is 0.0357. The Morgan fingerprint density at radius 1 is 1.40 bits per heavy atom. The maximum absolute atomic E-state index is 6.16. The molecule has 2 heterocycles. The average molecular weight is 299 g/mol. The minimum atomic E-state index is -0.0357. The van der Waals surface area contributed by atoms with E-state index < -0.39 is 0 Å². The summed E-state index contributed by atoms with van der Waals surface area (Å²) in [6, 6.07) is 0. The number of ether oxygens (including phenoxy) is 2. The normalized spacial score (nSPS) is 18.0. The summed E-state index contributed by atoms with van der Waals surface area (Å²) in [7, 11) is 1.70. The lowest BCUT2D eigenvalue weighted by atomic mass is 9.92. The largest absolute Gasteiger partial charge is 0.496 e. The Balaban J connectivity index is 2.10. The number of nitrogens with one attached hydrogen (secondary N) is 1. The second kappa shape index (κ2) is 6.74. The van der Waals surface area contributed by atoms with E-state index in [9.17, 15) is 0 Å². The molecule has 1 aromatic rings. The van der Waals surface area contributed by atoms with Crippen molar-refractivity contribution in [3.63, 3.8) is 0 Å². The number of rotatable bonds is 5. The first-order chi connectivity index (χ1) is 9.62. The molecule has 2 rings (SSSR count). The minimum Gasteiger partial charge on any atom is -0.496 e. The second-order valence-corrected chi connectivity index (χ2v) is 5.69. The van der Waals surface area contributed by atoms with Crippen molar-refractivity contribution in [2.45, 2.75) is 38.8 Å². The Bertz CT molecular complexity index is 459. The standard InChI is InChI=1S/C15H23ClN2O2/c1-11-8-17-13(12(2)14(11)19-3)9-18-15(10-16)4-6-20-7-5-15/h8,18H,4-7,9-10H2,1-3H3. The monoisotopic (exact) mass is 298 g/mol. The molecule has 0 atom stereocenters. The molecule has 1 saturated heterocycles. The van der Waals surface area contributed by atoms with E-state index in [0.717, 1.165) is 48.6 Å². The summed E-state index contributed by atoms with van der Waals surface area (Å²) in [5.74, 6) is 1.52. The highest BCUT2D eigenvalue weighted by molar-refractivity contribution is 6.18. The van der Waals surface area contributed by atoms with Crippen molar-refractivity contribution in [3.05, 3.63) is 23.0 Å². The van der Waals surface area contributed by atoms with E-state index in [-0.39, 0.29) is 5.54 Å². The maximum Gasteiger partial charge on any atom is 0.128 e. The van der Waals surface area contributed by atoms with Gasteiger partial charge in [0.25, 0.3) is 0 Å². The van der Waals surface area contributed by atoms with Crippen LogP contribution < -0.4 is 10.1 Å². The first-order valence-electron chi connectivity index (χ1n) is 7.00. The summed E-state index contributed by atoms with van der Waals surface area (Å²) in [6.45, 7) is 6.30. The van der Waals surface area contributed by atoms with Crippen LogP contribution in [0.5, 0.6) is 5.75 Å². The molecule has 20 heavy (non-hydrogen) atoms. The lowest BCUT2D eigenvalue weighted by Gasteiger charge is -2.36. The van der Waals surface area contributed by atoms with Crippen molar-refractivity contribution in [1.29, 1.82) is 0 Å². The van der Waals surface area contributed by atoms with E-state index in [4.69, 9.17) is 21.1 Å². The highest BCUT2D eigenvalue weighted by atomic mass is 35.5. The molecule has 0 saturated carbocycles. The zero-order chi connectivity index (χ0) is 14.6. The molecule has 0 radical (unpaired) electrons. The predicted molar refractivity (Wildman–Crippen MR) is 80.6 cm³/mol. The first-order valence-corrected chi connectivity index (χ1v) is 7.53. The molecular formula is C15H23ClN2O2. The lowest BCUT2D eigenvalue weighted by molar-refractivity contribution is 0.0457. The topological polar surface area (TPSA) is 43.4 Å². The number of pyridine rings is 1. The molecule has 0 aliphatic carbocycles. The van der Waals surface area contributed by atoms with Gasteiger partial charge in [-0.05, 0) is 26.7 Å². The summed E-state index contributed by atoms with van der Waals surface area (Å²) in [5.41, 5.74) is 3.14. The molecule has 1 N–H and O–H groups in total. The van der Waals surface area contributed by atoms with Gasteiger partial charge in [0.15, 0.2) is 0 Å². The molecule has 1 aromatic heterocycles. The first kappa shape index (κ1) is 15.5. The number of aromatic nitrogens is 1. The Morgan fingerprint density at radius 3 is 2.70 bits per heavy atom. The van der Waals surface area contributed by atoms with Gasteiger partial charge in [0.1, 0.15) is 5.75 Å². The molecule has 0 aromatic carbocycles. The van der Waals surface area contributed by atoms with Crippen LogP contribution in [0.1, 0.15) is 29.7 Å². The van der Waals surface area contributed by atoms with Gasteiger partial charge in [0.05, 0.1) is 12.8 Å². The molecule has 4 nitrogen and oxygen atoms in total. The van der Waals surface area contributed by atoms with E-state index >= 15 is 0 Å². The van der Waals surface area contributed by atoms with Gasteiger partial charge in [-0.1, -0.05) is 0 Å². The Labute approximate surface area is 125 Å². The van der Waals surface area contributed by atoms with Crippen LogP contribution in [0.15, 0.2) is 6.20 Å². The molecule has 5 heteroatoms.